The number of carboxylic acids is 1. The number of aliphatic carboxylic acids is 1. The molecule has 100 valence electrons. The predicted molar refractivity (Wildman–Crippen MR) is 70.4 cm³/mol. The molecule has 0 aromatic heterocycles. The molecule has 0 saturated heterocycles. The van der Waals surface area contributed by atoms with Crippen LogP contribution in [-0.4, -0.2) is 23.3 Å². The summed E-state index contributed by atoms with van der Waals surface area (Å²) in [5.74, 6) is -0.932. The number of rotatable bonds is 6. The first-order chi connectivity index (χ1) is 8.43. The fraction of sp³-hybridized carbons (Fsp3) is 0.500. The van der Waals surface area contributed by atoms with Crippen LogP contribution in [0.4, 0.5) is 0 Å². The van der Waals surface area contributed by atoms with Crippen LogP contribution < -0.4 is 5.73 Å². The zero-order valence-corrected chi connectivity index (χ0v) is 11.1. The number of benzene rings is 1. The Labute approximate surface area is 108 Å². The lowest BCUT2D eigenvalue weighted by molar-refractivity contribution is -0.153. The van der Waals surface area contributed by atoms with E-state index < -0.39 is 12.1 Å². The minimum atomic E-state index is -0.932. The minimum absolute atomic E-state index is 0.106. The number of hydrogen-bond acceptors (Lipinski definition) is 3. The maximum absolute atomic E-state index is 11.1. The van der Waals surface area contributed by atoms with Gasteiger partial charge in [0.2, 0.25) is 0 Å². The molecule has 0 saturated carbocycles. The molecule has 18 heavy (non-hydrogen) atoms. The first-order valence-electron chi connectivity index (χ1n) is 6.10. The van der Waals surface area contributed by atoms with E-state index in [0.717, 1.165) is 16.7 Å². The Morgan fingerprint density at radius 3 is 2.61 bits per heavy atom. The molecule has 0 aliphatic heterocycles. The van der Waals surface area contributed by atoms with Gasteiger partial charge in [0.1, 0.15) is 0 Å². The Balaban J connectivity index is 2.83. The third-order valence-electron chi connectivity index (χ3n) is 2.77. The molecule has 3 N–H and O–H groups in total. The standard InChI is InChI=1S/C14H21NO3/c1-9(2)18-13(14(16)17)7-11-5-4-10(3)12(6-11)8-15/h4-6,9,13H,7-8,15H2,1-3H3,(H,16,17). The second-order valence-corrected chi connectivity index (χ2v) is 4.68. The summed E-state index contributed by atoms with van der Waals surface area (Å²) in [6, 6.07) is 5.84. The summed E-state index contributed by atoms with van der Waals surface area (Å²) in [5, 5.41) is 9.11. The Morgan fingerprint density at radius 1 is 1.44 bits per heavy atom. The van der Waals surface area contributed by atoms with Crippen molar-refractivity contribution in [2.24, 2.45) is 5.73 Å². The van der Waals surface area contributed by atoms with Crippen LogP contribution in [0.2, 0.25) is 0 Å². The van der Waals surface area contributed by atoms with Crippen molar-refractivity contribution in [3.05, 3.63) is 34.9 Å². The van der Waals surface area contributed by atoms with Crippen LogP contribution in [0.25, 0.3) is 0 Å². The predicted octanol–water partition coefficient (Wildman–Crippen LogP) is 1.87. The molecule has 4 nitrogen and oxygen atoms in total. The van der Waals surface area contributed by atoms with Crippen LogP contribution in [0.5, 0.6) is 0 Å². The smallest absolute Gasteiger partial charge is 0.333 e. The molecule has 1 aromatic carbocycles. The quantitative estimate of drug-likeness (QED) is 0.809. The van der Waals surface area contributed by atoms with Crippen LogP contribution >= 0.6 is 0 Å². The van der Waals surface area contributed by atoms with E-state index in [4.69, 9.17) is 15.6 Å². The van der Waals surface area contributed by atoms with E-state index in [1.807, 2.05) is 39.0 Å². The number of carbonyl (C=O) groups is 1. The number of carboxylic acid groups (broad SMARTS) is 1. The number of hydrogen-bond donors (Lipinski definition) is 2. The molecule has 1 aromatic rings. The van der Waals surface area contributed by atoms with Gasteiger partial charge in [-0.1, -0.05) is 18.2 Å². The second kappa shape index (κ2) is 6.52. The van der Waals surface area contributed by atoms with Gasteiger partial charge in [-0.3, -0.25) is 0 Å². The average molecular weight is 251 g/mol. The topological polar surface area (TPSA) is 72.5 Å². The molecule has 0 aliphatic rings. The molecule has 4 heteroatoms. The average Bonchev–Trinajstić information content (AvgIpc) is 2.29. The van der Waals surface area contributed by atoms with Crippen LogP contribution in [0.3, 0.4) is 0 Å². The third-order valence-corrected chi connectivity index (χ3v) is 2.77. The van der Waals surface area contributed by atoms with E-state index in [1.165, 1.54) is 0 Å². The molecule has 0 fully saturated rings. The van der Waals surface area contributed by atoms with Crippen molar-refractivity contribution in [3.8, 4) is 0 Å². The van der Waals surface area contributed by atoms with Gasteiger partial charge in [-0.2, -0.15) is 0 Å². The fourth-order valence-corrected chi connectivity index (χ4v) is 1.81. The zero-order chi connectivity index (χ0) is 13.7. The van der Waals surface area contributed by atoms with E-state index >= 15 is 0 Å². The van der Waals surface area contributed by atoms with Crippen molar-refractivity contribution < 1.29 is 14.6 Å². The van der Waals surface area contributed by atoms with E-state index in [-0.39, 0.29) is 6.10 Å². The highest BCUT2D eigenvalue weighted by Gasteiger charge is 2.20. The van der Waals surface area contributed by atoms with Crippen molar-refractivity contribution in [2.75, 3.05) is 0 Å². The van der Waals surface area contributed by atoms with Crippen molar-refractivity contribution in [3.63, 3.8) is 0 Å². The minimum Gasteiger partial charge on any atom is -0.479 e. The first-order valence-corrected chi connectivity index (χ1v) is 6.10. The first kappa shape index (κ1) is 14.7. The lowest BCUT2D eigenvalue weighted by Crippen LogP contribution is -2.29. The molecular formula is C14H21NO3. The molecule has 1 unspecified atom stereocenters. The van der Waals surface area contributed by atoms with Crippen molar-refractivity contribution >= 4 is 5.97 Å². The third kappa shape index (κ3) is 4.13. The summed E-state index contributed by atoms with van der Waals surface area (Å²) < 4.78 is 5.39. The van der Waals surface area contributed by atoms with E-state index in [2.05, 4.69) is 0 Å². The van der Waals surface area contributed by atoms with Gasteiger partial charge < -0.3 is 15.6 Å². The molecule has 0 spiro atoms. The number of ether oxygens (including phenoxy) is 1. The maximum atomic E-state index is 11.1. The van der Waals surface area contributed by atoms with Gasteiger partial charge in [-0.05, 0) is 37.5 Å². The molecule has 1 atom stereocenters. The van der Waals surface area contributed by atoms with Crippen LogP contribution in [0.1, 0.15) is 30.5 Å². The number of aryl methyl sites for hydroxylation is 1. The highest BCUT2D eigenvalue weighted by Crippen LogP contribution is 2.14. The molecule has 0 radical (unpaired) electrons. The summed E-state index contributed by atoms with van der Waals surface area (Å²) in [6.45, 7) is 6.11. The monoisotopic (exact) mass is 251 g/mol. The van der Waals surface area contributed by atoms with E-state index in [9.17, 15) is 4.79 Å². The van der Waals surface area contributed by atoms with Gasteiger partial charge in [0.25, 0.3) is 0 Å². The highest BCUT2D eigenvalue weighted by molar-refractivity contribution is 5.72. The second-order valence-electron chi connectivity index (χ2n) is 4.68. The largest absolute Gasteiger partial charge is 0.479 e. The van der Waals surface area contributed by atoms with Gasteiger partial charge in [0.15, 0.2) is 6.10 Å². The van der Waals surface area contributed by atoms with Gasteiger partial charge in [0.05, 0.1) is 6.10 Å². The molecule has 1 rings (SSSR count). The fourth-order valence-electron chi connectivity index (χ4n) is 1.81. The van der Waals surface area contributed by atoms with Crippen LogP contribution in [0, 0.1) is 6.92 Å². The Hall–Kier alpha value is -1.39. The molecule has 0 heterocycles. The molecular weight excluding hydrogens is 230 g/mol. The Kier molecular flexibility index (Phi) is 5.31. The normalized spacial score (nSPS) is 12.7. The summed E-state index contributed by atoms with van der Waals surface area (Å²) >= 11 is 0. The lowest BCUT2D eigenvalue weighted by Gasteiger charge is -2.17. The molecule has 0 aliphatic carbocycles. The van der Waals surface area contributed by atoms with Gasteiger partial charge in [-0.15, -0.1) is 0 Å². The SMILES string of the molecule is Cc1ccc(CC(OC(C)C)C(=O)O)cc1CN. The van der Waals surface area contributed by atoms with Crippen molar-refractivity contribution in [1.82, 2.24) is 0 Å². The molecule has 0 bridgehead atoms. The van der Waals surface area contributed by atoms with Crippen LogP contribution in [0.15, 0.2) is 18.2 Å². The summed E-state index contributed by atoms with van der Waals surface area (Å²) in [7, 11) is 0. The zero-order valence-electron chi connectivity index (χ0n) is 11.1. The summed E-state index contributed by atoms with van der Waals surface area (Å²) in [6.07, 6.45) is -0.551. The Morgan fingerprint density at radius 2 is 2.11 bits per heavy atom. The molecule has 0 amide bonds. The summed E-state index contributed by atoms with van der Waals surface area (Å²) in [4.78, 5) is 11.1. The highest BCUT2D eigenvalue weighted by atomic mass is 16.5. The van der Waals surface area contributed by atoms with Gasteiger partial charge in [0, 0.05) is 13.0 Å². The maximum Gasteiger partial charge on any atom is 0.333 e. The van der Waals surface area contributed by atoms with Crippen molar-refractivity contribution in [1.29, 1.82) is 0 Å². The van der Waals surface area contributed by atoms with E-state index in [1.54, 1.807) is 0 Å². The van der Waals surface area contributed by atoms with E-state index in [0.29, 0.717) is 13.0 Å². The lowest BCUT2D eigenvalue weighted by atomic mass is 10.0. The Bertz CT molecular complexity index is 416. The van der Waals surface area contributed by atoms with Crippen LogP contribution in [-0.2, 0) is 22.5 Å². The van der Waals surface area contributed by atoms with Crippen molar-refractivity contribution in [2.45, 2.75) is 45.9 Å². The van der Waals surface area contributed by atoms with Gasteiger partial charge >= 0.3 is 5.97 Å². The summed E-state index contributed by atoms with van der Waals surface area (Å²) in [5.41, 5.74) is 8.75. The number of nitrogens with two attached hydrogens (primary N) is 1. The van der Waals surface area contributed by atoms with Gasteiger partial charge in [-0.25, -0.2) is 4.79 Å².